The van der Waals surface area contributed by atoms with E-state index >= 15 is 0 Å². The maximum atomic E-state index is 5.81. The molecule has 1 aliphatic rings. The van der Waals surface area contributed by atoms with Crippen LogP contribution in [0.3, 0.4) is 0 Å². The molecule has 4 nitrogen and oxygen atoms in total. The Morgan fingerprint density at radius 2 is 1.90 bits per heavy atom. The zero-order valence-electron chi connectivity index (χ0n) is 12.7. The first-order valence-electron chi connectivity index (χ1n) is 7.61. The monoisotopic (exact) mass is 276 g/mol. The van der Waals surface area contributed by atoms with E-state index < -0.39 is 0 Å². The lowest BCUT2D eigenvalue weighted by Gasteiger charge is -2.32. The highest BCUT2D eigenvalue weighted by molar-refractivity contribution is 5.40. The molecule has 20 heavy (non-hydrogen) atoms. The molecule has 1 fully saturated rings. The molecule has 1 aromatic rings. The molecule has 0 aromatic heterocycles. The molecule has 0 saturated carbocycles. The first-order valence-corrected chi connectivity index (χ1v) is 7.61. The normalized spacial score (nSPS) is 18.4. The molecule has 2 rings (SSSR count). The summed E-state index contributed by atoms with van der Waals surface area (Å²) >= 11 is 0. The van der Waals surface area contributed by atoms with Crippen molar-refractivity contribution in [1.82, 2.24) is 15.5 Å². The van der Waals surface area contributed by atoms with Gasteiger partial charge in [0, 0.05) is 24.8 Å². The summed E-state index contributed by atoms with van der Waals surface area (Å²) in [6.45, 7) is 4.35. The molecule has 1 unspecified atom stereocenters. The number of rotatable bonds is 6. The van der Waals surface area contributed by atoms with Crippen LogP contribution in [0.1, 0.15) is 24.4 Å². The predicted molar refractivity (Wildman–Crippen MR) is 85.7 cm³/mol. The summed E-state index contributed by atoms with van der Waals surface area (Å²) in [5, 5.41) is 7.19. The van der Waals surface area contributed by atoms with E-state index in [9.17, 15) is 0 Å². The lowest BCUT2D eigenvalue weighted by Crippen LogP contribution is -2.38. The first kappa shape index (κ1) is 15.3. The largest absolute Gasteiger partial charge is 0.399 e. The van der Waals surface area contributed by atoms with E-state index in [1.165, 1.54) is 18.4 Å². The molecule has 0 spiro atoms. The lowest BCUT2D eigenvalue weighted by molar-refractivity contribution is 0.273. The highest BCUT2D eigenvalue weighted by atomic mass is 15.1. The molecule has 1 aromatic carbocycles. The van der Waals surface area contributed by atoms with Crippen molar-refractivity contribution < 1.29 is 0 Å². The van der Waals surface area contributed by atoms with Crippen molar-refractivity contribution in [3.05, 3.63) is 29.8 Å². The Labute approximate surface area is 122 Å². The fraction of sp³-hybridized carbons (Fsp3) is 0.625. The van der Waals surface area contributed by atoms with Crippen molar-refractivity contribution in [2.24, 2.45) is 5.92 Å². The molecule has 1 aliphatic heterocycles. The number of likely N-dealkylation sites (N-methyl/N-ethyl adjacent to an activating group) is 1. The number of nitrogens with two attached hydrogens (primary N) is 1. The minimum Gasteiger partial charge on any atom is -0.399 e. The lowest BCUT2D eigenvalue weighted by atomic mass is 9.86. The van der Waals surface area contributed by atoms with Gasteiger partial charge in [-0.1, -0.05) is 12.1 Å². The fourth-order valence-electron chi connectivity index (χ4n) is 2.88. The van der Waals surface area contributed by atoms with Gasteiger partial charge in [0.25, 0.3) is 0 Å². The van der Waals surface area contributed by atoms with Crippen molar-refractivity contribution in [3.63, 3.8) is 0 Å². The van der Waals surface area contributed by atoms with Crippen LogP contribution in [0.4, 0.5) is 5.69 Å². The van der Waals surface area contributed by atoms with Crippen molar-refractivity contribution in [2.45, 2.75) is 18.9 Å². The molecule has 112 valence electrons. The van der Waals surface area contributed by atoms with Crippen LogP contribution >= 0.6 is 0 Å². The van der Waals surface area contributed by atoms with E-state index in [1.807, 2.05) is 12.1 Å². The maximum absolute atomic E-state index is 5.81. The SMILES string of the molecule is CN(C)CCNC(c1ccc(N)cc1)C1CCNCC1. The van der Waals surface area contributed by atoms with Gasteiger partial charge in [0.1, 0.15) is 0 Å². The van der Waals surface area contributed by atoms with Crippen molar-refractivity contribution in [1.29, 1.82) is 0 Å². The van der Waals surface area contributed by atoms with E-state index in [1.54, 1.807) is 0 Å². The minimum absolute atomic E-state index is 0.442. The third-order valence-corrected chi connectivity index (χ3v) is 4.07. The maximum Gasteiger partial charge on any atom is 0.0350 e. The number of hydrogen-bond donors (Lipinski definition) is 3. The van der Waals surface area contributed by atoms with Crippen LogP contribution in [0.15, 0.2) is 24.3 Å². The number of nitrogen functional groups attached to an aromatic ring is 1. The molecule has 1 atom stereocenters. The molecule has 1 heterocycles. The van der Waals surface area contributed by atoms with Gasteiger partial charge in [0.05, 0.1) is 0 Å². The number of nitrogens with one attached hydrogen (secondary N) is 2. The van der Waals surface area contributed by atoms with Gasteiger partial charge >= 0.3 is 0 Å². The van der Waals surface area contributed by atoms with Crippen LogP contribution in [0.5, 0.6) is 0 Å². The third kappa shape index (κ3) is 4.47. The average Bonchev–Trinajstić information content (AvgIpc) is 2.46. The van der Waals surface area contributed by atoms with E-state index in [2.05, 4.69) is 41.8 Å². The summed E-state index contributed by atoms with van der Waals surface area (Å²) in [5.74, 6) is 0.710. The van der Waals surface area contributed by atoms with Gasteiger partial charge in [-0.05, 0) is 63.6 Å². The van der Waals surface area contributed by atoms with Crippen LogP contribution in [-0.4, -0.2) is 45.2 Å². The second kappa shape index (κ2) is 7.62. The number of hydrogen-bond acceptors (Lipinski definition) is 4. The average molecular weight is 276 g/mol. The van der Waals surface area contributed by atoms with E-state index in [0.717, 1.165) is 31.9 Å². The summed E-state index contributed by atoms with van der Waals surface area (Å²) in [5.41, 5.74) is 8.01. The molecule has 0 amide bonds. The predicted octanol–water partition coefficient (Wildman–Crippen LogP) is 1.46. The van der Waals surface area contributed by atoms with Gasteiger partial charge in [0.2, 0.25) is 0 Å². The third-order valence-electron chi connectivity index (χ3n) is 4.07. The highest BCUT2D eigenvalue weighted by Gasteiger charge is 2.24. The first-order chi connectivity index (χ1) is 9.66. The minimum atomic E-state index is 0.442. The van der Waals surface area contributed by atoms with Crippen LogP contribution < -0.4 is 16.4 Å². The molecule has 4 N–H and O–H groups in total. The number of anilines is 1. The Morgan fingerprint density at radius 3 is 2.50 bits per heavy atom. The smallest absolute Gasteiger partial charge is 0.0350 e. The molecule has 0 bridgehead atoms. The topological polar surface area (TPSA) is 53.3 Å². The number of nitrogens with zero attached hydrogens (tertiary/aromatic N) is 1. The Hall–Kier alpha value is -1.10. The quantitative estimate of drug-likeness (QED) is 0.689. The standard InChI is InChI=1S/C16H28N4/c1-20(2)12-11-19-16(14-7-9-18-10-8-14)13-3-5-15(17)6-4-13/h3-6,14,16,18-19H,7-12,17H2,1-2H3. The number of piperidine rings is 1. The molecule has 0 aliphatic carbocycles. The van der Waals surface area contributed by atoms with Gasteiger partial charge in [-0.25, -0.2) is 0 Å². The zero-order valence-corrected chi connectivity index (χ0v) is 12.7. The Kier molecular flexibility index (Phi) is 5.83. The van der Waals surface area contributed by atoms with E-state index in [0.29, 0.717) is 12.0 Å². The van der Waals surface area contributed by atoms with Crippen molar-refractivity contribution >= 4 is 5.69 Å². The Balaban J connectivity index is 2.04. The van der Waals surface area contributed by atoms with Crippen LogP contribution in [0, 0.1) is 5.92 Å². The zero-order chi connectivity index (χ0) is 14.4. The molecule has 0 radical (unpaired) electrons. The summed E-state index contributed by atoms with van der Waals surface area (Å²) in [6.07, 6.45) is 2.48. The summed E-state index contributed by atoms with van der Waals surface area (Å²) in [4.78, 5) is 2.22. The fourth-order valence-corrected chi connectivity index (χ4v) is 2.88. The molecule has 1 saturated heterocycles. The van der Waals surface area contributed by atoms with Crippen LogP contribution in [-0.2, 0) is 0 Å². The van der Waals surface area contributed by atoms with E-state index in [4.69, 9.17) is 5.73 Å². The molecular weight excluding hydrogens is 248 g/mol. The van der Waals surface area contributed by atoms with Crippen molar-refractivity contribution in [3.8, 4) is 0 Å². The Morgan fingerprint density at radius 1 is 1.25 bits per heavy atom. The highest BCUT2D eigenvalue weighted by Crippen LogP contribution is 2.29. The number of benzene rings is 1. The van der Waals surface area contributed by atoms with Gasteiger partial charge < -0.3 is 21.3 Å². The van der Waals surface area contributed by atoms with Crippen LogP contribution in [0.25, 0.3) is 0 Å². The summed E-state index contributed by atoms with van der Waals surface area (Å²) in [6, 6.07) is 8.81. The Bertz CT molecular complexity index is 382. The van der Waals surface area contributed by atoms with E-state index in [-0.39, 0.29) is 0 Å². The van der Waals surface area contributed by atoms with Crippen molar-refractivity contribution in [2.75, 3.05) is 46.0 Å². The summed E-state index contributed by atoms with van der Waals surface area (Å²) < 4.78 is 0. The molecular formula is C16H28N4. The second-order valence-corrected chi connectivity index (χ2v) is 5.99. The summed E-state index contributed by atoms with van der Waals surface area (Å²) in [7, 11) is 4.23. The van der Waals surface area contributed by atoms with Crippen LogP contribution in [0.2, 0.25) is 0 Å². The van der Waals surface area contributed by atoms with Gasteiger partial charge in [-0.3, -0.25) is 0 Å². The van der Waals surface area contributed by atoms with Gasteiger partial charge in [-0.15, -0.1) is 0 Å². The van der Waals surface area contributed by atoms with Gasteiger partial charge in [0.15, 0.2) is 0 Å². The second-order valence-electron chi connectivity index (χ2n) is 5.99. The molecule has 4 heteroatoms. The van der Waals surface area contributed by atoms with Gasteiger partial charge in [-0.2, -0.15) is 0 Å².